The number of para-hydroxylation sites is 1. The highest BCUT2D eigenvalue weighted by molar-refractivity contribution is 6.12. The van der Waals surface area contributed by atoms with Crippen molar-refractivity contribution in [1.29, 1.82) is 0 Å². The van der Waals surface area contributed by atoms with Crippen molar-refractivity contribution in [2.24, 2.45) is 0 Å². The van der Waals surface area contributed by atoms with Crippen LogP contribution in [0.4, 0.5) is 5.69 Å². The third-order valence-corrected chi connectivity index (χ3v) is 4.19. The lowest BCUT2D eigenvalue weighted by atomic mass is 10.1. The maximum Gasteiger partial charge on any atom is 0.272 e. The van der Waals surface area contributed by atoms with Gasteiger partial charge in [0.25, 0.3) is 5.56 Å². The molecular formula is C17H22N4O. The van der Waals surface area contributed by atoms with Crippen LogP contribution in [0, 0.1) is 0 Å². The lowest BCUT2D eigenvalue weighted by Gasteiger charge is -2.18. The molecule has 5 heteroatoms. The van der Waals surface area contributed by atoms with E-state index in [0.29, 0.717) is 5.52 Å². The van der Waals surface area contributed by atoms with Crippen LogP contribution in [0.1, 0.15) is 13.8 Å². The number of aromatic nitrogens is 2. The zero-order valence-corrected chi connectivity index (χ0v) is 13.1. The second kappa shape index (κ2) is 6.23. The highest BCUT2D eigenvalue weighted by atomic mass is 16.1. The molecule has 2 aromatic heterocycles. The van der Waals surface area contributed by atoms with Crippen LogP contribution in [0.3, 0.4) is 0 Å². The number of nitrogens with zero attached hydrogens (tertiary/aromatic N) is 1. The summed E-state index contributed by atoms with van der Waals surface area (Å²) in [5, 5.41) is 5.51. The summed E-state index contributed by atoms with van der Waals surface area (Å²) in [6.45, 7) is 8.26. The van der Waals surface area contributed by atoms with Crippen LogP contribution in [-0.4, -0.2) is 41.0 Å². The van der Waals surface area contributed by atoms with Crippen molar-refractivity contribution >= 4 is 27.5 Å². The number of hydrogen-bond acceptors (Lipinski definition) is 3. The van der Waals surface area contributed by atoms with Crippen molar-refractivity contribution in [2.75, 3.05) is 31.5 Å². The molecule has 0 saturated heterocycles. The van der Waals surface area contributed by atoms with Crippen LogP contribution in [0.2, 0.25) is 0 Å². The molecular weight excluding hydrogens is 276 g/mol. The quantitative estimate of drug-likeness (QED) is 0.655. The maximum absolute atomic E-state index is 12.1. The van der Waals surface area contributed by atoms with Gasteiger partial charge in [0.05, 0.1) is 5.69 Å². The fourth-order valence-electron chi connectivity index (χ4n) is 2.90. The minimum absolute atomic E-state index is 0.0829. The summed E-state index contributed by atoms with van der Waals surface area (Å²) in [6, 6.07) is 8.01. The Morgan fingerprint density at radius 2 is 1.95 bits per heavy atom. The molecule has 2 heterocycles. The van der Waals surface area contributed by atoms with Crippen LogP contribution in [0.25, 0.3) is 21.8 Å². The Morgan fingerprint density at radius 1 is 1.18 bits per heavy atom. The first-order chi connectivity index (χ1) is 10.7. The van der Waals surface area contributed by atoms with Gasteiger partial charge in [-0.15, -0.1) is 0 Å². The standard InChI is InChI=1S/C17H22N4O/c1-3-21(4-2)10-9-18-14-11-19-17(22)16-15(14)12-7-5-6-8-13(12)20-16/h5-8,11,18,20H,3-4,9-10H2,1-2H3,(H,19,22). The summed E-state index contributed by atoms with van der Waals surface area (Å²) in [6.07, 6.45) is 1.77. The van der Waals surface area contributed by atoms with Gasteiger partial charge in [0, 0.05) is 35.6 Å². The van der Waals surface area contributed by atoms with E-state index in [1.165, 1.54) is 0 Å². The van der Waals surface area contributed by atoms with Gasteiger partial charge < -0.3 is 20.2 Å². The minimum atomic E-state index is -0.0829. The second-order valence-electron chi connectivity index (χ2n) is 5.41. The zero-order valence-electron chi connectivity index (χ0n) is 13.1. The van der Waals surface area contributed by atoms with Gasteiger partial charge in [0.15, 0.2) is 0 Å². The van der Waals surface area contributed by atoms with Gasteiger partial charge in [-0.2, -0.15) is 0 Å². The Balaban J connectivity index is 1.96. The van der Waals surface area contributed by atoms with Crippen LogP contribution in [-0.2, 0) is 0 Å². The summed E-state index contributed by atoms with van der Waals surface area (Å²) in [7, 11) is 0. The molecule has 0 aliphatic rings. The normalized spacial score (nSPS) is 11.6. The van der Waals surface area contributed by atoms with E-state index in [1.807, 2.05) is 24.3 Å². The summed E-state index contributed by atoms with van der Waals surface area (Å²) in [4.78, 5) is 20.4. The molecule has 0 amide bonds. The number of nitrogens with one attached hydrogen (secondary N) is 3. The SMILES string of the molecule is CCN(CC)CCNc1c[nH]c(=O)c2[nH]c3ccccc3c12. The Hall–Kier alpha value is -2.27. The summed E-state index contributed by atoms with van der Waals surface area (Å²) >= 11 is 0. The van der Waals surface area contributed by atoms with Crippen molar-refractivity contribution < 1.29 is 0 Å². The average molecular weight is 298 g/mol. The molecule has 0 unspecified atom stereocenters. The Bertz CT molecular complexity index is 829. The molecule has 3 aromatic rings. The fraction of sp³-hybridized carbons (Fsp3) is 0.353. The number of rotatable bonds is 6. The summed E-state index contributed by atoms with van der Waals surface area (Å²) < 4.78 is 0. The van der Waals surface area contributed by atoms with Gasteiger partial charge in [0.2, 0.25) is 0 Å². The molecule has 116 valence electrons. The van der Waals surface area contributed by atoms with E-state index in [9.17, 15) is 4.79 Å². The highest BCUT2D eigenvalue weighted by Gasteiger charge is 2.11. The molecule has 1 aromatic carbocycles. The smallest absolute Gasteiger partial charge is 0.272 e. The van der Waals surface area contributed by atoms with Crippen molar-refractivity contribution in [2.45, 2.75) is 13.8 Å². The van der Waals surface area contributed by atoms with Gasteiger partial charge in [-0.05, 0) is 19.2 Å². The Labute approximate surface area is 129 Å². The fourth-order valence-corrected chi connectivity index (χ4v) is 2.90. The first kappa shape index (κ1) is 14.7. The average Bonchev–Trinajstić information content (AvgIpc) is 2.94. The van der Waals surface area contributed by atoms with Gasteiger partial charge >= 0.3 is 0 Å². The van der Waals surface area contributed by atoms with Crippen molar-refractivity contribution in [3.05, 3.63) is 40.8 Å². The minimum Gasteiger partial charge on any atom is -0.382 e. The Kier molecular flexibility index (Phi) is 4.15. The lowest BCUT2D eigenvalue weighted by molar-refractivity contribution is 0.316. The topological polar surface area (TPSA) is 63.9 Å². The molecule has 0 saturated carbocycles. The van der Waals surface area contributed by atoms with Crippen LogP contribution >= 0.6 is 0 Å². The van der Waals surface area contributed by atoms with Crippen LogP contribution < -0.4 is 10.9 Å². The van der Waals surface area contributed by atoms with Crippen LogP contribution in [0.5, 0.6) is 0 Å². The summed E-state index contributed by atoms with van der Waals surface area (Å²) in [5.74, 6) is 0. The van der Waals surface area contributed by atoms with Gasteiger partial charge in [-0.1, -0.05) is 32.0 Å². The lowest BCUT2D eigenvalue weighted by Crippen LogP contribution is -2.28. The van der Waals surface area contributed by atoms with Crippen molar-refractivity contribution in [3.63, 3.8) is 0 Å². The predicted molar refractivity (Wildman–Crippen MR) is 92.7 cm³/mol. The summed E-state index contributed by atoms with van der Waals surface area (Å²) in [5.41, 5.74) is 2.51. The molecule has 0 radical (unpaired) electrons. The third kappa shape index (κ3) is 2.60. The van der Waals surface area contributed by atoms with E-state index in [2.05, 4.69) is 34.0 Å². The number of anilines is 1. The zero-order chi connectivity index (χ0) is 15.5. The van der Waals surface area contributed by atoms with E-state index >= 15 is 0 Å². The number of fused-ring (bicyclic) bond motifs is 3. The monoisotopic (exact) mass is 298 g/mol. The number of H-pyrrole nitrogens is 2. The molecule has 0 bridgehead atoms. The van der Waals surface area contributed by atoms with E-state index in [1.54, 1.807) is 6.20 Å². The Morgan fingerprint density at radius 3 is 2.73 bits per heavy atom. The molecule has 3 N–H and O–H groups in total. The molecule has 5 nitrogen and oxygen atoms in total. The first-order valence-corrected chi connectivity index (χ1v) is 7.83. The van der Waals surface area contributed by atoms with Gasteiger partial charge in [-0.25, -0.2) is 0 Å². The molecule has 3 rings (SSSR count). The largest absolute Gasteiger partial charge is 0.382 e. The molecule has 0 fully saturated rings. The molecule has 0 spiro atoms. The van der Waals surface area contributed by atoms with E-state index in [0.717, 1.165) is 48.2 Å². The highest BCUT2D eigenvalue weighted by Crippen LogP contribution is 2.28. The van der Waals surface area contributed by atoms with E-state index in [-0.39, 0.29) is 5.56 Å². The predicted octanol–water partition coefficient (Wildman–Crippen LogP) is 2.76. The number of hydrogen-bond donors (Lipinski definition) is 3. The number of likely N-dealkylation sites (N-methyl/N-ethyl adjacent to an activating group) is 1. The second-order valence-corrected chi connectivity index (χ2v) is 5.41. The van der Waals surface area contributed by atoms with Gasteiger partial charge in [-0.3, -0.25) is 4.79 Å². The molecule has 0 aliphatic carbocycles. The van der Waals surface area contributed by atoms with Crippen molar-refractivity contribution in [1.82, 2.24) is 14.9 Å². The van der Waals surface area contributed by atoms with E-state index in [4.69, 9.17) is 0 Å². The first-order valence-electron chi connectivity index (χ1n) is 7.83. The van der Waals surface area contributed by atoms with Gasteiger partial charge in [0.1, 0.15) is 5.52 Å². The van der Waals surface area contributed by atoms with Crippen LogP contribution in [0.15, 0.2) is 35.3 Å². The number of aromatic amines is 2. The molecule has 22 heavy (non-hydrogen) atoms. The molecule has 0 atom stereocenters. The van der Waals surface area contributed by atoms with E-state index < -0.39 is 0 Å². The van der Waals surface area contributed by atoms with Crippen molar-refractivity contribution in [3.8, 4) is 0 Å². The number of pyridine rings is 1. The maximum atomic E-state index is 12.1. The molecule has 0 aliphatic heterocycles. The number of benzene rings is 1. The third-order valence-electron chi connectivity index (χ3n) is 4.19.